The summed E-state index contributed by atoms with van der Waals surface area (Å²) >= 11 is 0. The molecule has 0 aliphatic rings. The van der Waals surface area contributed by atoms with Crippen LogP contribution in [0.5, 0.6) is 0 Å². The minimum atomic E-state index is 0.699. The van der Waals surface area contributed by atoms with Crippen molar-refractivity contribution in [2.24, 2.45) is 0 Å². The Kier molecular flexibility index (Phi) is 2.30. The Balaban J connectivity index is 2.80. The second-order valence-electron chi connectivity index (χ2n) is 2.02. The molecule has 0 fully saturated rings. The van der Waals surface area contributed by atoms with Crippen molar-refractivity contribution in [2.75, 3.05) is 0 Å². The molecule has 0 unspecified atom stereocenters. The first-order valence-corrected chi connectivity index (χ1v) is 3.27. The van der Waals surface area contributed by atoms with E-state index >= 15 is 0 Å². The van der Waals surface area contributed by atoms with Crippen LogP contribution >= 0.6 is 0 Å². The zero-order chi connectivity index (χ0) is 7.40. The van der Waals surface area contributed by atoms with Crippen LogP contribution in [0.25, 0.3) is 0 Å². The molecular weight excluding hydrogens is 128 g/mol. The van der Waals surface area contributed by atoms with Crippen LogP contribution in [0.4, 0.5) is 0 Å². The van der Waals surface area contributed by atoms with Crippen molar-refractivity contribution in [2.45, 2.75) is 13.1 Å². The fourth-order valence-electron chi connectivity index (χ4n) is 0.654. The maximum atomic E-state index is 3.92. The number of aromatic nitrogens is 2. The first-order valence-electron chi connectivity index (χ1n) is 3.27. The smallest absolute Gasteiger partial charge is 0.119 e. The van der Waals surface area contributed by atoms with Crippen molar-refractivity contribution in [3.63, 3.8) is 0 Å². The van der Waals surface area contributed by atoms with E-state index < -0.39 is 0 Å². The average Bonchev–Trinajstić information content (AvgIpc) is 2.05. The van der Waals surface area contributed by atoms with Crippen LogP contribution in [0.3, 0.4) is 0 Å². The highest BCUT2D eigenvalue weighted by Crippen LogP contribution is 1.91. The number of quaternary nitrogens is 2. The molecule has 0 radical (unpaired) electrons. The van der Waals surface area contributed by atoms with Crippen molar-refractivity contribution in [1.82, 2.24) is 10.2 Å². The minimum Gasteiger partial charge on any atom is -0.352 e. The van der Waals surface area contributed by atoms with Gasteiger partial charge in [-0.3, -0.25) is 0 Å². The van der Waals surface area contributed by atoms with Crippen LogP contribution in [0.2, 0.25) is 0 Å². The molecule has 1 heterocycles. The van der Waals surface area contributed by atoms with Crippen LogP contribution in [0, 0.1) is 0 Å². The standard InChI is InChI=1S/C6H10N4/c7-3-5-1-2-6(4-8)10-9-5/h1-2H,3-4,7-8H2/p+2. The lowest BCUT2D eigenvalue weighted by atomic mass is 10.3. The lowest BCUT2D eigenvalue weighted by molar-refractivity contribution is -0.389. The average molecular weight is 140 g/mol. The normalized spacial score (nSPS) is 9.80. The van der Waals surface area contributed by atoms with E-state index in [2.05, 4.69) is 21.7 Å². The van der Waals surface area contributed by atoms with E-state index in [0.29, 0.717) is 13.1 Å². The van der Waals surface area contributed by atoms with Crippen LogP contribution in [0.15, 0.2) is 12.1 Å². The van der Waals surface area contributed by atoms with Gasteiger partial charge in [-0.05, 0) is 12.1 Å². The molecule has 1 rings (SSSR count). The van der Waals surface area contributed by atoms with Gasteiger partial charge in [0.25, 0.3) is 0 Å². The van der Waals surface area contributed by atoms with Gasteiger partial charge in [-0.25, -0.2) is 0 Å². The molecule has 54 valence electrons. The number of rotatable bonds is 2. The summed E-state index contributed by atoms with van der Waals surface area (Å²) in [5.41, 5.74) is 9.24. The molecule has 10 heavy (non-hydrogen) atoms. The predicted molar refractivity (Wildman–Crippen MR) is 35.2 cm³/mol. The van der Waals surface area contributed by atoms with Crippen molar-refractivity contribution < 1.29 is 11.5 Å². The molecule has 0 amide bonds. The Morgan fingerprint density at radius 3 is 1.60 bits per heavy atom. The lowest BCUT2D eigenvalue weighted by Crippen LogP contribution is -2.49. The summed E-state index contributed by atoms with van der Waals surface area (Å²) in [7, 11) is 0. The summed E-state index contributed by atoms with van der Waals surface area (Å²) in [5, 5.41) is 7.83. The van der Waals surface area contributed by atoms with Crippen molar-refractivity contribution in [1.29, 1.82) is 0 Å². The van der Waals surface area contributed by atoms with Crippen molar-refractivity contribution >= 4 is 0 Å². The molecule has 0 bridgehead atoms. The van der Waals surface area contributed by atoms with Crippen molar-refractivity contribution in [3.05, 3.63) is 23.5 Å². The van der Waals surface area contributed by atoms with Gasteiger partial charge in [0.2, 0.25) is 0 Å². The summed E-state index contributed by atoms with van der Waals surface area (Å²) < 4.78 is 0. The third-order valence-electron chi connectivity index (χ3n) is 1.29. The molecule has 4 heteroatoms. The van der Waals surface area contributed by atoms with Gasteiger partial charge in [0.05, 0.1) is 0 Å². The molecule has 1 aromatic heterocycles. The van der Waals surface area contributed by atoms with E-state index in [9.17, 15) is 0 Å². The minimum absolute atomic E-state index is 0.699. The second-order valence-corrected chi connectivity index (χ2v) is 2.02. The van der Waals surface area contributed by atoms with Gasteiger partial charge < -0.3 is 11.5 Å². The van der Waals surface area contributed by atoms with Crippen molar-refractivity contribution in [3.8, 4) is 0 Å². The number of hydrogen-bond acceptors (Lipinski definition) is 2. The summed E-state index contributed by atoms with van der Waals surface area (Å²) in [6, 6.07) is 3.86. The van der Waals surface area contributed by atoms with Gasteiger partial charge in [-0.2, -0.15) is 0 Å². The summed E-state index contributed by atoms with van der Waals surface area (Å²) in [5.74, 6) is 0. The third kappa shape index (κ3) is 1.49. The Morgan fingerprint density at radius 1 is 1.00 bits per heavy atom. The Morgan fingerprint density at radius 2 is 1.40 bits per heavy atom. The number of nitrogens with zero attached hydrogens (tertiary/aromatic N) is 2. The van der Waals surface area contributed by atoms with Crippen LogP contribution < -0.4 is 11.5 Å². The van der Waals surface area contributed by atoms with Gasteiger partial charge in [0.1, 0.15) is 24.5 Å². The first-order chi connectivity index (χ1) is 4.86. The molecule has 0 aromatic carbocycles. The molecule has 4 nitrogen and oxygen atoms in total. The Bertz CT molecular complexity index is 170. The van der Waals surface area contributed by atoms with E-state index in [1.807, 2.05) is 12.1 Å². The summed E-state index contributed by atoms with van der Waals surface area (Å²) in [6.07, 6.45) is 0. The second kappa shape index (κ2) is 3.24. The van der Waals surface area contributed by atoms with Crippen LogP contribution in [0.1, 0.15) is 11.4 Å². The highest BCUT2D eigenvalue weighted by atomic mass is 15.1. The summed E-state index contributed by atoms with van der Waals surface area (Å²) in [6.45, 7) is 1.40. The monoisotopic (exact) mass is 140 g/mol. The Hall–Kier alpha value is -1.00. The molecular formula is C6H12N4+2. The molecule has 6 N–H and O–H groups in total. The lowest BCUT2D eigenvalue weighted by Gasteiger charge is -1.92. The molecule has 0 atom stereocenters. The largest absolute Gasteiger partial charge is 0.352 e. The molecule has 1 aromatic rings. The quantitative estimate of drug-likeness (QED) is 0.496. The van der Waals surface area contributed by atoms with E-state index in [4.69, 9.17) is 0 Å². The maximum absolute atomic E-state index is 3.92. The third-order valence-corrected chi connectivity index (χ3v) is 1.29. The van der Waals surface area contributed by atoms with Gasteiger partial charge in [0, 0.05) is 0 Å². The SMILES string of the molecule is [NH3+]Cc1ccc(C[NH3+])nn1. The van der Waals surface area contributed by atoms with E-state index in [1.165, 1.54) is 0 Å². The number of hydrogen-bond donors (Lipinski definition) is 2. The van der Waals surface area contributed by atoms with Crippen LogP contribution in [-0.4, -0.2) is 10.2 Å². The maximum Gasteiger partial charge on any atom is 0.119 e. The van der Waals surface area contributed by atoms with E-state index in [-0.39, 0.29) is 0 Å². The molecule has 0 aliphatic heterocycles. The highest BCUT2D eigenvalue weighted by molar-refractivity contribution is 5.04. The van der Waals surface area contributed by atoms with Crippen LogP contribution in [-0.2, 0) is 13.1 Å². The van der Waals surface area contributed by atoms with Gasteiger partial charge in [0.15, 0.2) is 0 Å². The molecule has 0 aliphatic carbocycles. The molecule has 0 saturated carbocycles. The Labute approximate surface area is 59.2 Å². The predicted octanol–water partition coefficient (Wildman–Crippen LogP) is -2.04. The summed E-state index contributed by atoms with van der Waals surface area (Å²) in [4.78, 5) is 0. The highest BCUT2D eigenvalue weighted by Gasteiger charge is 1.95. The fourth-order valence-corrected chi connectivity index (χ4v) is 0.654. The van der Waals surface area contributed by atoms with E-state index in [1.54, 1.807) is 0 Å². The zero-order valence-corrected chi connectivity index (χ0v) is 5.88. The van der Waals surface area contributed by atoms with E-state index in [0.717, 1.165) is 11.4 Å². The van der Waals surface area contributed by atoms with Gasteiger partial charge in [-0.15, -0.1) is 10.2 Å². The van der Waals surface area contributed by atoms with Gasteiger partial charge >= 0.3 is 0 Å². The fraction of sp³-hybridized carbons (Fsp3) is 0.333. The zero-order valence-electron chi connectivity index (χ0n) is 5.88. The first kappa shape index (κ1) is 7.11. The molecule has 0 saturated heterocycles. The molecule has 0 spiro atoms. The topological polar surface area (TPSA) is 81.1 Å². The van der Waals surface area contributed by atoms with Gasteiger partial charge in [-0.1, -0.05) is 0 Å².